The first-order valence-electron chi connectivity index (χ1n) is 6.03. The summed E-state index contributed by atoms with van der Waals surface area (Å²) >= 11 is 6.28. The molecule has 1 aromatic carbocycles. The molecule has 0 radical (unpaired) electrons. The Balaban J connectivity index is 2.29. The third-order valence-corrected chi connectivity index (χ3v) is 3.42. The van der Waals surface area contributed by atoms with E-state index in [0.29, 0.717) is 10.8 Å². The van der Waals surface area contributed by atoms with Gasteiger partial charge in [-0.3, -0.25) is 4.68 Å². The summed E-state index contributed by atoms with van der Waals surface area (Å²) in [7, 11) is 1.80. The lowest BCUT2D eigenvalue weighted by Gasteiger charge is -2.06. The average molecular weight is 286 g/mol. The maximum absolute atomic E-state index is 6.28. The van der Waals surface area contributed by atoms with Gasteiger partial charge in [0.1, 0.15) is 11.5 Å². The van der Waals surface area contributed by atoms with Gasteiger partial charge in [-0.2, -0.15) is 15.3 Å². The Hall–Kier alpha value is -2.40. The number of nitrogens with two attached hydrogens (primary N) is 1. The van der Waals surface area contributed by atoms with E-state index < -0.39 is 0 Å². The standard InChI is InChI=1S/C14H12ClN5/c1-20-14(16)12(10-4-2-3-5-11(10)15)13(19-20)9-6-7-17-18-8-9/h2-8H,16H2,1H3. The maximum Gasteiger partial charge on any atom is 0.129 e. The second-order valence-electron chi connectivity index (χ2n) is 4.34. The fourth-order valence-corrected chi connectivity index (χ4v) is 2.33. The predicted molar refractivity (Wildman–Crippen MR) is 79.1 cm³/mol. The molecule has 100 valence electrons. The van der Waals surface area contributed by atoms with Crippen molar-refractivity contribution >= 4 is 17.4 Å². The lowest BCUT2D eigenvalue weighted by Crippen LogP contribution is -1.98. The molecule has 0 aliphatic rings. The van der Waals surface area contributed by atoms with Gasteiger partial charge in [-0.25, -0.2) is 0 Å². The van der Waals surface area contributed by atoms with E-state index in [-0.39, 0.29) is 0 Å². The van der Waals surface area contributed by atoms with Crippen LogP contribution in [0, 0.1) is 0 Å². The molecule has 3 rings (SSSR count). The SMILES string of the molecule is Cn1nc(-c2ccnnc2)c(-c2ccccc2Cl)c1N. The number of aromatic nitrogens is 4. The first-order chi connectivity index (χ1) is 9.68. The topological polar surface area (TPSA) is 69.6 Å². The fourth-order valence-electron chi connectivity index (χ4n) is 2.10. The van der Waals surface area contributed by atoms with Crippen LogP contribution in [-0.4, -0.2) is 20.0 Å². The molecule has 0 atom stereocenters. The van der Waals surface area contributed by atoms with Gasteiger partial charge in [0.2, 0.25) is 0 Å². The van der Waals surface area contributed by atoms with Crippen molar-refractivity contribution in [3.05, 3.63) is 47.7 Å². The molecule has 0 aliphatic carbocycles. The second kappa shape index (κ2) is 4.94. The minimum atomic E-state index is 0.560. The Morgan fingerprint density at radius 3 is 2.65 bits per heavy atom. The number of aryl methyl sites for hydroxylation is 1. The van der Waals surface area contributed by atoms with E-state index >= 15 is 0 Å². The summed E-state index contributed by atoms with van der Waals surface area (Å²) in [6.07, 6.45) is 3.28. The normalized spacial score (nSPS) is 10.7. The number of nitrogens with zero attached hydrogens (tertiary/aromatic N) is 4. The van der Waals surface area contributed by atoms with Crippen molar-refractivity contribution in [3.8, 4) is 22.4 Å². The third-order valence-electron chi connectivity index (χ3n) is 3.09. The number of hydrogen-bond donors (Lipinski definition) is 1. The van der Waals surface area contributed by atoms with Gasteiger partial charge in [0.25, 0.3) is 0 Å². The zero-order valence-electron chi connectivity index (χ0n) is 10.8. The molecule has 6 heteroatoms. The number of benzene rings is 1. The van der Waals surface area contributed by atoms with E-state index in [1.165, 1.54) is 0 Å². The van der Waals surface area contributed by atoms with Gasteiger partial charge in [-0.15, -0.1) is 0 Å². The highest BCUT2D eigenvalue weighted by Gasteiger charge is 2.19. The van der Waals surface area contributed by atoms with Crippen molar-refractivity contribution in [3.63, 3.8) is 0 Å². The molecule has 5 nitrogen and oxygen atoms in total. The quantitative estimate of drug-likeness (QED) is 0.786. The van der Waals surface area contributed by atoms with Crippen molar-refractivity contribution in [1.82, 2.24) is 20.0 Å². The molecule has 0 bridgehead atoms. The number of halogens is 1. The Morgan fingerprint density at radius 2 is 1.95 bits per heavy atom. The molecule has 0 saturated carbocycles. The average Bonchev–Trinajstić information content (AvgIpc) is 2.77. The summed E-state index contributed by atoms with van der Waals surface area (Å²) in [6.45, 7) is 0. The van der Waals surface area contributed by atoms with E-state index in [1.54, 1.807) is 24.1 Å². The Kier molecular flexibility index (Phi) is 3.12. The van der Waals surface area contributed by atoms with Crippen molar-refractivity contribution in [2.24, 2.45) is 7.05 Å². The molecule has 3 aromatic rings. The van der Waals surface area contributed by atoms with Crippen molar-refractivity contribution in [1.29, 1.82) is 0 Å². The number of nitrogen functional groups attached to an aromatic ring is 1. The molecule has 2 aromatic heterocycles. The van der Waals surface area contributed by atoms with E-state index in [0.717, 1.165) is 22.4 Å². The number of anilines is 1. The molecule has 0 spiro atoms. The van der Waals surface area contributed by atoms with E-state index in [1.807, 2.05) is 30.3 Å². The monoisotopic (exact) mass is 285 g/mol. The van der Waals surface area contributed by atoms with Crippen LogP contribution in [0.1, 0.15) is 0 Å². The van der Waals surface area contributed by atoms with Gasteiger partial charge >= 0.3 is 0 Å². The Labute approximate surface area is 121 Å². The molecule has 2 heterocycles. The minimum absolute atomic E-state index is 0.560. The van der Waals surface area contributed by atoms with Crippen LogP contribution in [0.25, 0.3) is 22.4 Å². The summed E-state index contributed by atoms with van der Waals surface area (Å²) in [5, 5.41) is 12.8. The number of rotatable bonds is 2. The first-order valence-corrected chi connectivity index (χ1v) is 6.40. The molecule has 0 aliphatic heterocycles. The zero-order valence-corrected chi connectivity index (χ0v) is 11.5. The lowest BCUT2D eigenvalue weighted by molar-refractivity contribution is 0.782. The highest BCUT2D eigenvalue weighted by atomic mass is 35.5. The van der Waals surface area contributed by atoms with E-state index in [4.69, 9.17) is 17.3 Å². The maximum atomic E-state index is 6.28. The largest absolute Gasteiger partial charge is 0.383 e. The summed E-state index contributed by atoms with van der Waals surface area (Å²) in [5.41, 5.74) is 9.40. The summed E-state index contributed by atoms with van der Waals surface area (Å²) < 4.78 is 1.63. The number of hydrogen-bond acceptors (Lipinski definition) is 4. The molecule has 2 N–H and O–H groups in total. The van der Waals surface area contributed by atoms with Crippen LogP contribution < -0.4 is 5.73 Å². The van der Waals surface area contributed by atoms with Crippen LogP contribution in [0.3, 0.4) is 0 Å². The van der Waals surface area contributed by atoms with Gasteiger partial charge in [0, 0.05) is 23.2 Å². The Bertz CT molecular complexity index is 752. The van der Waals surface area contributed by atoms with Crippen molar-refractivity contribution < 1.29 is 0 Å². The molecule has 0 fully saturated rings. The molecule has 0 unspecified atom stereocenters. The minimum Gasteiger partial charge on any atom is -0.383 e. The summed E-state index contributed by atoms with van der Waals surface area (Å²) in [5.74, 6) is 0.560. The molecule has 0 amide bonds. The third kappa shape index (κ3) is 2.02. The molecular weight excluding hydrogens is 274 g/mol. The Morgan fingerprint density at radius 1 is 1.15 bits per heavy atom. The molecular formula is C14H12ClN5. The first kappa shape index (κ1) is 12.6. The van der Waals surface area contributed by atoms with Crippen LogP contribution >= 0.6 is 11.6 Å². The van der Waals surface area contributed by atoms with Gasteiger partial charge < -0.3 is 5.73 Å². The van der Waals surface area contributed by atoms with Crippen molar-refractivity contribution in [2.75, 3.05) is 5.73 Å². The summed E-state index contributed by atoms with van der Waals surface area (Å²) in [4.78, 5) is 0. The van der Waals surface area contributed by atoms with E-state index in [9.17, 15) is 0 Å². The van der Waals surface area contributed by atoms with Gasteiger partial charge in [0.15, 0.2) is 0 Å². The molecule has 0 saturated heterocycles. The van der Waals surface area contributed by atoms with Gasteiger partial charge in [0.05, 0.1) is 18.0 Å². The fraction of sp³-hybridized carbons (Fsp3) is 0.0714. The highest BCUT2D eigenvalue weighted by Crippen LogP contribution is 2.38. The van der Waals surface area contributed by atoms with Crippen LogP contribution in [0.4, 0.5) is 5.82 Å². The zero-order chi connectivity index (χ0) is 14.1. The van der Waals surface area contributed by atoms with Crippen LogP contribution in [-0.2, 0) is 7.05 Å². The van der Waals surface area contributed by atoms with Crippen LogP contribution in [0.15, 0.2) is 42.7 Å². The van der Waals surface area contributed by atoms with Gasteiger partial charge in [-0.05, 0) is 12.1 Å². The van der Waals surface area contributed by atoms with Crippen LogP contribution in [0.2, 0.25) is 5.02 Å². The smallest absolute Gasteiger partial charge is 0.129 e. The molecule has 20 heavy (non-hydrogen) atoms. The highest BCUT2D eigenvalue weighted by molar-refractivity contribution is 6.33. The van der Waals surface area contributed by atoms with Gasteiger partial charge in [-0.1, -0.05) is 29.8 Å². The predicted octanol–water partition coefficient (Wildman–Crippen LogP) is 2.78. The second-order valence-corrected chi connectivity index (χ2v) is 4.75. The summed E-state index contributed by atoms with van der Waals surface area (Å²) in [6, 6.07) is 9.40. The van der Waals surface area contributed by atoms with Crippen LogP contribution in [0.5, 0.6) is 0 Å². The van der Waals surface area contributed by atoms with E-state index in [2.05, 4.69) is 15.3 Å². The van der Waals surface area contributed by atoms with Crippen molar-refractivity contribution in [2.45, 2.75) is 0 Å². The lowest BCUT2D eigenvalue weighted by atomic mass is 10.0.